The summed E-state index contributed by atoms with van der Waals surface area (Å²) < 4.78 is 31.4. The summed E-state index contributed by atoms with van der Waals surface area (Å²) in [7, 11) is -3.53. The van der Waals surface area contributed by atoms with E-state index >= 15 is 0 Å². The van der Waals surface area contributed by atoms with Crippen LogP contribution in [0.5, 0.6) is 0 Å². The predicted octanol–water partition coefficient (Wildman–Crippen LogP) is 1.38. The first-order valence-electron chi connectivity index (χ1n) is 5.71. The smallest absolute Gasteiger partial charge is 0.238 e. The van der Waals surface area contributed by atoms with E-state index in [0.29, 0.717) is 17.1 Å². The molecular weight excluding hydrogens is 266 g/mol. The molecule has 0 unspecified atom stereocenters. The van der Waals surface area contributed by atoms with Crippen LogP contribution >= 0.6 is 0 Å². The van der Waals surface area contributed by atoms with Crippen LogP contribution in [0.15, 0.2) is 34.9 Å². The third-order valence-electron chi connectivity index (χ3n) is 2.52. The molecule has 1 aromatic carbocycles. The fourth-order valence-electron chi connectivity index (χ4n) is 1.68. The normalized spacial score (nSPS) is 11.5. The van der Waals surface area contributed by atoms with Crippen molar-refractivity contribution in [1.82, 2.24) is 5.16 Å². The molecule has 0 aliphatic rings. The molecule has 2 aromatic rings. The van der Waals surface area contributed by atoms with Gasteiger partial charge in [0, 0.05) is 12.6 Å². The van der Waals surface area contributed by atoms with Crippen LogP contribution in [0.3, 0.4) is 0 Å². The zero-order chi connectivity index (χ0) is 13.9. The van der Waals surface area contributed by atoms with Gasteiger partial charge in [-0.1, -0.05) is 23.4 Å². The topological polar surface area (TPSA) is 98.2 Å². The SMILES string of the molecule is Cc1cc(CS(=O)(=O)Nc2ccccc2CN)no1. The van der Waals surface area contributed by atoms with E-state index in [2.05, 4.69) is 9.88 Å². The van der Waals surface area contributed by atoms with Crippen LogP contribution in [0.1, 0.15) is 17.0 Å². The standard InChI is InChI=1S/C12H15N3O3S/c1-9-6-11(14-18-9)8-19(16,17)15-12-5-3-2-4-10(12)7-13/h2-6,15H,7-8,13H2,1H3. The van der Waals surface area contributed by atoms with E-state index in [-0.39, 0.29) is 12.3 Å². The van der Waals surface area contributed by atoms with Gasteiger partial charge in [0.15, 0.2) is 0 Å². The lowest BCUT2D eigenvalue weighted by atomic mass is 10.2. The third-order valence-corrected chi connectivity index (χ3v) is 3.72. The molecule has 1 aromatic heterocycles. The van der Waals surface area contributed by atoms with Gasteiger partial charge in [-0.2, -0.15) is 0 Å². The highest BCUT2D eigenvalue weighted by Gasteiger charge is 2.15. The average Bonchev–Trinajstić information content (AvgIpc) is 2.74. The molecule has 102 valence electrons. The minimum atomic E-state index is -3.53. The molecule has 0 saturated carbocycles. The van der Waals surface area contributed by atoms with Crippen LogP contribution in [0.25, 0.3) is 0 Å². The molecule has 3 N–H and O–H groups in total. The molecule has 1 heterocycles. The zero-order valence-corrected chi connectivity index (χ0v) is 11.3. The van der Waals surface area contributed by atoms with Crippen LogP contribution in [-0.4, -0.2) is 13.6 Å². The molecule has 0 amide bonds. The molecule has 0 fully saturated rings. The fourth-order valence-corrected chi connectivity index (χ4v) is 2.81. The molecule has 0 spiro atoms. The number of anilines is 1. The highest BCUT2D eigenvalue weighted by Crippen LogP contribution is 2.17. The number of aromatic nitrogens is 1. The maximum Gasteiger partial charge on any atom is 0.238 e. The molecule has 2 rings (SSSR count). The minimum Gasteiger partial charge on any atom is -0.361 e. The number of sulfonamides is 1. The van der Waals surface area contributed by atoms with Crippen LogP contribution in [0.4, 0.5) is 5.69 Å². The van der Waals surface area contributed by atoms with Crippen LogP contribution < -0.4 is 10.5 Å². The largest absolute Gasteiger partial charge is 0.361 e. The van der Waals surface area contributed by atoms with Gasteiger partial charge in [-0.3, -0.25) is 4.72 Å². The number of benzene rings is 1. The van der Waals surface area contributed by atoms with Crippen molar-refractivity contribution >= 4 is 15.7 Å². The van der Waals surface area contributed by atoms with Gasteiger partial charge in [-0.05, 0) is 18.6 Å². The highest BCUT2D eigenvalue weighted by molar-refractivity contribution is 7.91. The number of hydrogen-bond donors (Lipinski definition) is 2. The van der Waals surface area contributed by atoms with E-state index in [1.807, 2.05) is 0 Å². The van der Waals surface area contributed by atoms with Crippen molar-refractivity contribution < 1.29 is 12.9 Å². The summed E-state index contributed by atoms with van der Waals surface area (Å²) in [5, 5.41) is 3.67. The molecule has 0 aliphatic carbocycles. The van der Waals surface area contributed by atoms with E-state index < -0.39 is 10.0 Å². The molecule has 6 nitrogen and oxygen atoms in total. The molecule has 0 radical (unpaired) electrons. The number of rotatable bonds is 5. The Kier molecular flexibility index (Phi) is 3.87. The first-order valence-corrected chi connectivity index (χ1v) is 7.36. The molecule has 0 atom stereocenters. The Hall–Kier alpha value is -1.86. The summed E-state index contributed by atoms with van der Waals surface area (Å²) in [5.41, 5.74) is 7.16. The molecule has 19 heavy (non-hydrogen) atoms. The lowest BCUT2D eigenvalue weighted by molar-refractivity contribution is 0.392. The van der Waals surface area contributed by atoms with Gasteiger partial charge in [0.05, 0.1) is 5.69 Å². The molecule has 0 aliphatic heterocycles. The fraction of sp³-hybridized carbons (Fsp3) is 0.250. The Morgan fingerprint density at radius 2 is 2.11 bits per heavy atom. The van der Waals surface area contributed by atoms with Gasteiger partial charge in [0.2, 0.25) is 10.0 Å². The van der Waals surface area contributed by atoms with E-state index in [4.69, 9.17) is 10.3 Å². The van der Waals surface area contributed by atoms with Gasteiger partial charge in [0.25, 0.3) is 0 Å². The van der Waals surface area contributed by atoms with Gasteiger partial charge >= 0.3 is 0 Å². The number of aryl methyl sites for hydroxylation is 1. The van der Waals surface area contributed by atoms with E-state index in [9.17, 15) is 8.42 Å². The van der Waals surface area contributed by atoms with E-state index in [0.717, 1.165) is 5.56 Å². The Balaban J connectivity index is 2.17. The summed E-state index contributed by atoms with van der Waals surface area (Å²) in [6.45, 7) is 1.97. The summed E-state index contributed by atoms with van der Waals surface area (Å²) >= 11 is 0. The first kappa shape index (κ1) is 13.6. The Morgan fingerprint density at radius 3 is 2.74 bits per heavy atom. The molecule has 0 bridgehead atoms. The second kappa shape index (κ2) is 5.41. The van der Waals surface area contributed by atoms with Crippen molar-refractivity contribution in [3.8, 4) is 0 Å². The van der Waals surface area contributed by atoms with Gasteiger partial charge < -0.3 is 10.3 Å². The monoisotopic (exact) mass is 281 g/mol. The Labute approximate surface area is 111 Å². The van der Waals surface area contributed by atoms with Crippen LogP contribution in [0, 0.1) is 6.92 Å². The third kappa shape index (κ3) is 3.55. The van der Waals surface area contributed by atoms with Crippen molar-refractivity contribution in [2.24, 2.45) is 5.73 Å². The Bertz CT molecular complexity index is 664. The zero-order valence-electron chi connectivity index (χ0n) is 10.5. The summed E-state index contributed by atoms with van der Waals surface area (Å²) in [4.78, 5) is 0. The molecule has 0 saturated heterocycles. The molecule has 7 heteroatoms. The number of para-hydroxylation sites is 1. The van der Waals surface area contributed by atoms with Crippen molar-refractivity contribution in [3.05, 3.63) is 47.3 Å². The maximum absolute atomic E-state index is 12.0. The van der Waals surface area contributed by atoms with Crippen molar-refractivity contribution in [3.63, 3.8) is 0 Å². The number of nitrogens with zero attached hydrogens (tertiary/aromatic N) is 1. The minimum absolute atomic E-state index is 0.233. The van der Waals surface area contributed by atoms with Crippen molar-refractivity contribution in [2.75, 3.05) is 4.72 Å². The van der Waals surface area contributed by atoms with Crippen LogP contribution in [-0.2, 0) is 22.3 Å². The van der Waals surface area contributed by atoms with Crippen molar-refractivity contribution in [1.29, 1.82) is 0 Å². The predicted molar refractivity (Wildman–Crippen MR) is 71.8 cm³/mol. The second-order valence-electron chi connectivity index (χ2n) is 4.15. The lowest BCUT2D eigenvalue weighted by Gasteiger charge is -2.10. The van der Waals surface area contributed by atoms with E-state index in [1.54, 1.807) is 37.3 Å². The van der Waals surface area contributed by atoms with Crippen LogP contribution in [0.2, 0.25) is 0 Å². The average molecular weight is 281 g/mol. The number of hydrogen-bond acceptors (Lipinski definition) is 5. The molecular formula is C12H15N3O3S. The lowest BCUT2D eigenvalue weighted by Crippen LogP contribution is -2.17. The number of nitrogens with two attached hydrogens (primary N) is 1. The first-order chi connectivity index (χ1) is 9.00. The summed E-state index contributed by atoms with van der Waals surface area (Å²) in [6.07, 6.45) is 0. The Morgan fingerprint density at radius 1 is 1.37 bits per heavy atom. The number of nitrogens with one attached hydrogen (secondary N) is 1. The summed E-state index contributed by atoms with van der Waals surface area (Å²) in [5.74, 6) is 0.344. The summed E-state index contributed by atoms with van der Waals surface area (Å²) in [6, 6.07) is 8.60. The quantitative estimate of drug-likeness (QED) is 0.862. The maximum atomic E-state index is 12.0. The second-order valence-corrected chi connectivity index (χ2v) is 5.87. The van der Waals surface area contributed by atoms with Gasteiger partial charge in [-0.25, -0.2) is 8.42 Å². The van der Waals surface area contributed by atoms with Gasteiger partial charge in [-0.15, -0.1) is 0 Å². The highest BCUT2D eigenvalue weighted by atomic mass is 32.2. The van der Waals surface area contributed by atoms with E-state index in [1.165, 1.54) is 0 Å². The van der Waals surface area contributed by atoms with Crippen molar-refractivity contribution in [2.45, 2.75) is 19.2 Å². The van der Waals surface area contributed by atoms with Gasteiger partial charge in [0.1, 0.15) is 17.2 Å².